The van der Waals surface area contributed by atoms with Crippen molar-refractivity contribution in [3.63, 3.8) is 0 Å². The van der Waals surface area contributed by atoms with Gasteiger partial charge in [0.1, 0.15) is 0 Å². The van der Waals surface area contributed by atoms with Crippen molar-refractivity contribution in [3.8, 4) is 0 Å². The topological polar surface area (TPSA) is 17.8 Å². The van der Waals surface area contributed by atoms with Crippen molar-refractivity contribution in [1.82, 2.24) is 9.78 Å². The highest BCUT2D eigenvalue weighted by Gasteiger charge is 2.12. The van der Waals surface area contributed by atoms with Crippen molar-refractivity contribution in [1.29, 1.82) is 0 Å². The number of nitrogens with zero attached hydrogens (tertiary/aromatic N) is 2. The molecule has 1 aromatic rings. The Labute approximate surface area is 81.0 Å². The van der Waals surface area contributed by atoms with E-state index >= 15 is 0 Å². The summed E-state index contributed by atoms with van der Waals surface area (Å²) in [5.74, 6) is 0. The molecule has 1 rings (SSSR count). The van der Waals surface area contributed by atoms with Crippen LogP contribution in [-0.4, -0.2) is 9.78 Å². The Balaban J connectivity index is 2.59. The molecule has 0 unspecified atom stereocenters. The van der Waals surface area contributed by atoms with Gasteiger partial charge in [0.15, 0.2) is 0 Å². The fraction of sp³-hybridized carbons (Fsp3) is 0.727. The van der Waals surface area contributed by atoms with Crippen LogP contribution in [0.3, 0.4) is 0 Å². The van der Waals surface area contributed by atoms with E-state index in [1.807, 2.05) is 4.68 Å². The summed E-state index contributed by atoms with van der Waals surface area (Å²) in [4.78, 5) is 0. The van der Waals surface area contributed by atoms with Crippen LogP contribution in [0.25, 0.3) is 0 Å². The Bertz CT molecular complexity index is 255. The zero-order valence-electron chi connectivity index (χ0n) is 9.17. The van der Waals surface area contributed by atoms with Crippen molar-refractivity contribution in [3.05, 3.63) is 18.0 Å². The number of hydrogen-bond acceptors (Lipinski definition) is 1. The van der Waals surface area contributed by atoms with E-state index in [0.717, 1.165) is 19.4 Å². The molecule has 13 heavy (non-hydrogen) atoms. The third-order valence-electron chi connectivity index (χ3n) is 1.86. The lowest BCUT2D eigenvalue weighted by Crippen LogP contribution is -2.10. The molecular formula is C11H20N2. The standard InChI is InChI=1S/C11H20N2/c1-5-7-13-8-6-10(12-13)9-11(2,3)4/h6,8H,5,7,9H2,1-4H3. The van der Waals surface area contributed by atoms with Crippen LogP contribution in [0.5, 0.6) is 0 Å². The second-order valence-electron chi connectivity index (χ2n) is 4.81. The summed E-state index contributed by atoms with van der Waals surface area (Å²) in [5, 5.41) is 4.50. The van der Waals surface area contributed by atoms with Gasteiger partial charge >= 0.3 is 0 Å². The molecule has 2 nitrogen and oxygen atoms in total. The van der Waals surface area contributed by atoms with Gasteiger partial charge in [0, 0.05) is 12.7 Å². The summed E-state index contributed by atoms with van der Waals surface area (Å²) in [7, 11) is 0. The summed E-state index contributed by atoms with van der Waals surface area (Å²) >= 11 is 0. The quantitative estimate of drug-likeness (QED) is 0.699. The van der Waals surface area contributed by atoms with Gasteiger partial charge in [0.05, 0.1) is 5.69 Å². The number of rotatable bonds is 3. The normalized spacial score (nSPS) is 12.0. The highest BCUT2D eigenvalue weighted by Crippen LogP contribution is 2.18. The Morgan fingerprint density at radius 1 is 1.38 bits per heavy atom. The maximum atomic E-state index is 4.50. The lowest BCUT2D eigenvalue weighted by molar-refractivity contribution is 0.403. The average Bonchev–Trinajstić information content (AvgIpc) is 2.33. The van der Waals surface area contributed by atoms with Gasteiger partial charge < -0.3 is 0 Å². The molecule has 0 fully saturated rings. The van der Waals surface area contributed by atoms with E-state index in [4.69, 9.17) is 0 Å². The lowest BCUT2D eigenvalue weighted by Gasteiger charge is -2.15. The largest absolute Gasteiger partial charge is 0.273 e. The predicted octanol–water partition coefficient (Wildman–Crippen LogP) is 2.88. The second-order valence-corrected chi connectivity index (χ2v) is 4.81. The molecule has 0 spiro atoms. The van der Waals surface area contributed by atoms with E-state index in [-0.39, 0.29) is 0 Å². The van der Waals surface area contributed by atoms with Gasteiger partial charge in [-0.1, -0.05) is 27.7 Å². The van der Waals surface area contributed by atoms with Gasteiger partial charge in [-0.05, 0) is 24.3 Å². The van der Waals surface area contributed by atoms with Crippen LogP contribution in [0.4, 0.5) is 0 Å². The van der Waals surface area contributed by atoms with Crippen LogP contribution in [0.2, 0.25) is 0 Å². The lowest BCUT2D eigenvalue weighted by atomic mass is 9.91. The molecule has 0 N–H and O–H groups in total. The van der Waals surface area contributed by atoms with Crippen LogP contribution in [0.1, 0.15) is 39.8 Å². The monoisotopic (exact) mass is 180 g/mol. The van der Waals surface area contributed by atoms with E-state index in [2.05, 4.69) is 45.1 Å². The van der Waals surface area contributed by atoms with E-state index in [1.165, 1.54) is 5.69 Å². The predicted molar refractivity (Wildman–Crippen MR) is 55.7 cm³/mol. The highest BCUT2D eigenvalue weighted by molar-refractivity contribution is 5.01. The molecule has 0 bridgehead atoms. The summed E-state index contributed by atoms with van der Waals surface area (Å²) in [6.45, 7) is 9.93. The van der Waals surface area contributed by atoms with E-state index in [9.17, 15) is 0 Å². The second kappa shape index (κ2) is 3.95. The van der Waals surface area contributed by atoms with Gasteiger partial charge in [-0.3, -0.25) is 4.68 Å². The zero-order chi connectivity index (χ0) is 9.90. The molecule has 0 aliphatic heterocycles. The summed E-state index contributed by atoms with van der Waals surface area (Å²) in [6, 6.07) is 2.13. The molecular weight excluding hydrogens is 160 g/mol. The van der Waals surface area contributed by atoms with Crippen molar-refractivity contribution in [2.45, 2.75) is 47.1 Å². The Kier molecular flexibility index (Phi) is 3.12. The highest BCUT2D eigenvalue weighted by atomic mass is 15.3. The first kappa shape index (κ1) is 10.3. The smallest absolute Gasteiger partial charge is 0.0629 e. The molecule has 0 aromatic carbocycles. The van der Waals surface area contributed by atoms with Crippen molar-refractivity contribution < 1.29 is 0 Å². The first-order valence-electron chi connectivity index (χ1n) is 5.03. The third-order valence-corrected chi connectivity index (χ3v) is 1.86. The van der Waals surface area contributed by atoms with E-state index < -0.39 is 0 Å². The van der Waals surface area contributed by atoms with Crippen LogP contribution in [-0.2, 0) is 13.0 Å². The molecule has 0 saturated heterocycles. The minimum Gasteiger partial charge on any atom is -0.273 e. The molecule has 1 heterocycles. The van der Waals surface area contributed by atoms with Crippen LogP contribution < -0.4 is 0 Å². The summed E-state index contributed by atoms with van der Waals surface area (Å²) < 4.78 is 2.03. The Morgan fingerprint density at radius 3 is 2.62 bits per heavy atom. The molecule has 0 atom stereocenters. The molecule has 2 heteroatoms. The maximum absolute atomic E-state index is 4.50. The van der Waals surface area contributed by atoms with Gasteiger partial charge in [0.25, 0.3) is 0 Å². The van der Waals surface area contributed by atoms with E-state index in [0.29, 0.717) is 5.41 Å². The third kappa shape index (κ3) is 3.62. The fourth-order valence-electron chi connectivity index (χ4n) is 1.39. The van der Waals surface area contributed by atoms with Crippen LogP contribution in [0, 0.1) is 5.41 Å². The minimum absolute atomic E-state index is 0.339. The fourth-order valence-corrected chi connectivity index (χ4v) is 1.39. The van der Waals surface area contributed by atoms with Crippen molar-refractivity contribution in [2.75, 3.05) is 0 Å². The molecule has 0 radical (unpaired) electrons. The Hall–Kier alpha value is -0.790. The van der Waals surface area contributed by atoms with Gasteiger partial charge in [-0.2, -0.15) is 5.10 Å². The number of aromatic nitrogens is 2. The van der Waals surface area contributed by atoms with Gasteiger partial charge in [0.2, 0.25) is 0 Å². The molecule has 0 aliphatic rings. The molecule has 0 aliphatic carbocycles. The summed E-state index contributed by atoms with van der Waals surface area (Å²) in [6.07, 6.45) is 4.28. The Morgan fingerprint density at radius 2 is 2.08 bits per heavy atom. The number of aryl methyl sites for hydroxylation is 1. The van der Waals surface area contributed by atoms with Gasteiger partial charge in [-0.25, -0.2) is 0 Å². The van der Waals surface area contributed by atoms with Crippen LogP contribution in [0.15, 0.2) is 12.3 Å². The molecule has 74 valence electrons. The molecule has 1 aromatic heterocycles. The minimum atomic E-state index is 0.339. The van der Waals surface area contributed by atoms with Gasteiger partial charge in [-0.15, -0.1) is 0 Å². The maximum Gasteiger partial charge on any atom is 0.0629 e. The molecule has 0 amide bonds. The zero-order valence-corrected chi connectivity index (χ0v) is 9.17. The van der Waals surface area contributed by atoms with Crippen molar-refractivity contribution in [2.24, 2.45) is 5.41 Å². The average molecular weight is 180 g/mol. The first-order chi connectivity index (χ1) is 6.01. The van der Waals surface area contributed by atoms with Crippen molar-refractivity contribution >= 4 is 0 Å². The first-order valence-corrected chi connectivity index (χ1v) is 5.03. The van der Waals surface area contributed by atoms with E-state index in [1.54, 1.807) is 0 Å². The number of hydrogen-bond donors (Lipinski definition) is 0. The summed E-state index contributed by atoms with van der Waals surface area (Å²) in [5.41, 5.74) is 1.55. The SMILES string of the molecule is CCCn1ccc(CC(C)(C)C)n1. The molecule has 0 saturated carbocycles. The van der Waals surface area contributed by atoms with Crippen LogP contribution >= 0.6 is 0 Å².